The zero-order valence-corrected chi connectivity index (χ0v) is 20.2. The molecule has 0 radical (unpaired) electrons. The summed E-state index contributed by atoms with van der Waals surface area (Å²) in [5.74, 6) is -0.507. The van der Waals surface area contributed by atoms with Crippen molar-refractivity contribution >= 4 is 43.7 Å². The van der Waals surface area contributed by atoms with E-state index in [1.54, 1.807) is 11.7 Å². The Bertz CT molecular complexity index is 1100. The van der Waals surface area contributed by atoms with Crippen LogP contribution in [0.15, 0.2) is 75.3 Å². The van der Waals surface area contributed by atoms with Crippen molar-refractivity contribution in [2.75, 3.05) is 22.8 Å². The van der Waals surface area contributed by atoms with Crippen molar-refractivity contribution in [2.45, 2.75) is 22.1 Å². The first kappa shape index (κ1) is 22.1. The van der Waals surface area contributed by atoms with Crippen LogP contribution >= 0.6 is 19.8 Å². The number of rotatable bonds is 5. The molecular formula is C24H26IN5O3. The number of aliphatic imine (C=N–C) groups is 1. The fourth-order valence-electron chi connectivity index (χ4n) is 4.46. The number of urea groups is 1. The summed E-state index contributed by atoms with van der Waals surface area (Å²) in [6.45, 7) is 1.26. The summed E-state index contributed by atoms with van der Waals surface area (Å²) in [5, 5.41) is 15.8. The van der Waals surface area contributed by atoms with E-state index in [9.17, 15) is 9.59 Å². The molecule has 3 aliphatic rings. The fourth-order valence-corrected chi connectivity index (χ4v) is 10.3. The maximum absolute atomic E-state index is 12.8. The third kappa shape index (κ3) is 4.40. The van der Waals surface area contributed by atoms with E-state index in [2.05, 4.69) is 22.8 Å². The number of likely N-dealkylation sites (tertiary alicyclic amines) is 1. The number of nitrogens with zero attached hydrogens (tertiary/aromatic N) is 2. The van der Waals surface area contributed by atoms with E-state index in [0.29, 0.717) is 18.7 Å². The number of fused-ring (bicyclic) bond motifs is 1. The summed E-state index contributed by atoms with van der Waals surface area (Å²) in [6, 6.07) is 19.8. The van der Waals surface area contributed by atoms with Crippen LogP contribution in [0.3, 0.4) is 0 Å². The first-order valence-electron chi connectivity index (χ1n) is 10.9. The predicted octanol–water partition coefficient (Wildman–Crippen LogP) is 3.45. The molecule has 2 saturated heterocycles. The van der Waals surface area contributed by atoms with Crippen LogP contribution in [0, 0.1) is 0 Å². The molecule has 0 spiro atoms. The standard InChI is InChI=1S/C24H26IN5O3/c31-21(28-33)18-15-25-17-24(25,26-16-18)29-23(19-7-3-1-4-8-19)11-13-30(14-12-23)22(32)27-20-9-5-2-6-10-20/h1-10,15-16,29,33H,11-14,17H2,(H,27,32)(H,28,31). The number of carbonyl (C=O) groups excluding carboxylic acids is 2. The second kappa shape index (κ2) is 8.88. The van der Waals surface area contributed by atoms with Gasteiger partial charge in [-0.1, -0.05) is 0 Å². The average Bonchev–Trinajstić information content (AvgIpc) is 3.57. The van der Waals surface area contributed by atoms with Crippen LogP contribution in [-0.2, 0) is 10.3 Å². The van der Waals surface area contributed by atoms with Crippen molar-refractivity contribution in [3.63, 3.8) is 0 Å². The second-order valence-electron chi connectivity index (χ2n) is 8.41. The Balaban J connectivity index is 1.32. The Kier molecular flexibility index (Phi) is 5.94. The van der Waals surface area contributed by atoms with Crippen LogP contribution < -0.4 is 16.1 Å². The van der Waals surface area contributed by atoms with E-state index in [1.807, 2.05) is 57.5 Å². The second-order valence-corrected chi connectivity index (χ2v) is 13.8. The molecule has 4 N–H and O–H groups in total. The molecule has 2 aromatic rings. The van der Waals surface area contributed by atoms with Gasteiger partial charge in [0.1, 0.15) is 0 Å². The molecule has 3 aliphatic heterocycles. The SMILES string of the molecule is O=C(NO)C1=CI2CC2(NC2(c3ccccc3)CCN(C(=O)Nc3ccccc3)CC2)N=C1. The van der Waals surface area contributed by atoms with E-state index < -0.39 is 25.7 Å². The van der Waals surface area contributed by atoms with E-state index in [4.69, 9.17) is 10.2 Å². The number of hydrogen-bond acceptors (Lipinski definition) is 5. The van der Waals surface area contributed by atoms with Crippen LogP contribution in [0.1, 0.15) is 18.4 Å². The fraction of sp³-hybridized carbons (Fsp3) is 0.292. The number of para-hydroxylation sites is 1. The Labute approximate surface area is 199 Å². The Hall–Kier alpha value is -2.76. The van der Waals surface area contributed by atoms with E-state index in [0.717, 1.165) is 23.0 Å². The van der Waals surface area contributed by atoms with Crippen molar-refractivity contribution in [1.82, 2.24) is 15.7 Å². The molecule has 1 atom stereocenters. The molecule has 1 unspecified atom stereocenters. The van der Waals surface area contributed by atoms with Gasteiger partial charge in [0.15, 0.2) is 0 Å². The normalized spacial score (nSPS) is 23.8. The molecular weight excluding hydrogens is 533 g/mol. The van der Waals surface area contributed by atoms with Gasteiger partial charge in [-0.25, -0.2) is 0 Å². The molecule has 2 fully saturated rings. The van der Waals surface area contributed by atoms with Crippen LogP contribution in [-0.4, -0.2) is 49.4 Å². The van der Waals surface area contributed by atoms with E-state index in [1.165, 1.54) is 5.56 Å². The first-order chi connectivity index (χ1) is 16.0. The zero-order chi connectivity index (χ0) is 22.9. The number of halogens is 1. The van der Waals surface area contributed by atoms with Gasteiger partial charge in [0.05, 0.1) is 0 Å². The number of amides is 3. The number of benzene rings is 2. The number of nitrogens with one attached hydrogen (secondary N) is 3. The van der Waals surface area contributed by atoms with Crippen molar-refractivity contribution in [3.8, 4) is 0 Å². The number of hydrogen-bond donors (Lipinski definition) is 4. The van der Waals surface area contributed by atoms with Crippen molar-refractivity contribution in [1.29, 1.82) is 0 Å². The van der Waals surface area contributed by atoms with Gasteiger partial charge in [0, 0.05) is 0 Å². The Morgan fingerprint density at radius 1 is 1.00 bits per heavy atom. The minimum absolute atomic E-state index is 0.0841. The predicted molar refractivity (Wildman–Crippen MR) is 136 cm³/mol. The van der Waals surface area contributed by atoms with E-state index >= 15 is 0 Å². The van der Waals surface area contributed by atoms with Gasteiger partial charge >= 0.3 is 200 Å². The molecule has 8 nitrogen and oxygen atoms in total. The van der Waals surface area contributed by atoms with Gasteiger partial charge in [-0.3, -0.25) is 0 Å². The van der Waals surface area contributed by atoms with Crippen LogP contribution in [0.5, 0.6) is 0 Å². The molecule has 0 saturated carbocycles. The number of alkyl halides is 2. The topological polar surface area (TPSA) is 106 Å². The average molecular weight is 559 g/mol. The summed E-state index contributed by atoms with van der Waals surface area (Å²) in [4.78, 5) is 31.2. The Morgan fingerprint density at radius 3 is 2.30 bits per heavy atom. The van der Waals surface area contributed by atoms with Gasteiger partial charge < -0.3 is 0 Å². The third-order valence-corrected chi connectivity index (χ3v) is 12.0. The molecule has 172 valence electrons. The minimum atomic E-state index is -1.65. The van der Waals surface area contributed by atoms with Crippen LogP contribution in [0.4, 0.5) is 10.5 Å². The first-order valence-corrected chi connectivity index (χ1v) is 14.7. The molecule has 2 aromatic carbocycles. The molecule has 0 aliphatic carbocycles. The van der Waals surface area contributed by atoms with Gasteiger partial charge in [0.2, 0.25) is 0 Å². The molecule has 0 bridgehead atoms. The summed E-state index contributed by atoms with van der Waals surface area (Å²) in [6.07, 6.45) is 3.11. The van der Waals surface area contributed by atoms with E-state index in [-0.39, 0.29) is 15.2 Å². The van der Waals surface area contributed by atoms with Crippen molar-refractivity contribution in [2.24, 2.45) is 4.99 Å². The van der Waals surface area contributed by atoms with Gasteiger partial charge in [-0.15, -0.1) is 0 Å². The molecule has 3 amide bonds. The van der Waals surface area contributed by atoms with Crippen molar-refractivity contribution in [3.05, 3.63) is 75.9 Å². The molecule has 5 rings (SSSR count). The summed E-state index contributed by atoms with van der Waals surface area (Å²) in [5.41, 5.74) is 3.83. The van der Waals surface area contributed by atoms with Crippen LogP contribution in [0.25, 0.3) is 0 Å². The summed E-state index contributed by atoms with van der Waals surface area (Å²) >= 11 is -1.65. The Morgan fingerprint density at radius 2 is 1.67 bits per heavy atom. The molecule has 0 aromatic heterocycles. The van der Waals surface area contributed by atoms with Gasteiger partial charge in [-0.2, -0.15) is 0 Å². The summed E-state index contributed by atoms with van der Waals surface area (Å²) < 4.78 is 2.67. The summed E-state index contributed by atoms with van der Waals surface area (Å²) in [7, 11) is 0. The monoisotopic (exact) mass is 559 g/mol. The number of hydroxylamine groups is 1. The number of carbonyl (C=O) groups is 2. The maximum atomic E-state index is 12.8. The third-order valence-electron chi connectivity index (χ3n) is 6.35. The van der Waals surface area contributed by atoms with Crippen molar-refractivity contribution < 1.29 is 14.8 Å². The molecule has 9 heteroatoms. The number of piperidine rings is 1. The van der Waals surface area contributed by atoms with Crippen LogP contribution in [0.2, 0.25) is 0 Å². The number of anilines is 1. The molecule has 3 heterocycles. The molecule has 33 heavy (non-hydrogen) atoms. The quantitative estimate of drug-likeness (QED) is 0.148. The zero-order valence-electron chi connectivity index (χ0n) is 18.0. The van der Waals surface area contributed by atoms with Gasteiger partial charge in [-0.05, 0) is 0 Å². The van der Waals surface area contributed by atoms with Gasteiger partial charge in [0.25, 0.3) is 0 Å².